The van der Waals surface area contributed by atoms with Crippen molar-refractivity contribution in [1.82, 2.24) is 0 Å². The molecule has 4 rings (SSSR count). The SMILES string of the molecule is OC(c1ccc2ccccc2c1)c1ccccc1-c1ccccc1. The first-order valence-corrected chi connectivity index (χ1v) is 8.14. The van der Waals surface area contributed by atoms with Crippen LogP contribution in [0.25, 0.3) is 21.9 Å². The Hall–Kier alpha value is -2.90. The van der Waals surface area contributed by atoms with Crippen molar-refractivity contribution in [1.29, 1.82) is 0 Å². The minimum absolute atomic E-state index is 0.647. The van der Waals surface area contributed by atoms with Gasteiger partial charge in [-0.3, -0.25) is 0 Å². The second-order valence-electron chi connectivity index (χ2n) is 5.96. The fraction of sp³-hybridized carbons (Fsp3) is 0.0435. The molecule has 0 aliphatic heterocycles. The Morgan fingerprint density at radius 2 is 1.25 bits per heavy atom. The molecule has 0 heterocycles. The van der Waals surface area contributed by atoms with Gasteiger partial charge in [-0.25, -0.2) is 0 Å². The molecule has 0 spiro atoms. The van der Waals surface area contributed by atoms with Gasteiger partial charge in [-0.15, -0.1) is 0 Å². The van der Waals surface area contributed by atoms with Gasteiger partial charge >= 0.3 is 0 Å². The Labute approximate surface area is 141 Å². The Bertz CT molecular complexity index is 973. The third-order valence-electron chi connectivity index (χ3n) is 4.43. The van der Waals surface area contributed by atoms with E-state index in [-0.39, 0.29) is 0 Å². The normalized spacial score (nSPS) is 12.2. The minimum Gasteiger partial charge on any atom is -0.384 e. The quantitative estimate of drug-likeness (QED) is 0.523. The molecule has 24 heavy (non-hydrogen) atoms. The van der Waals surface area contributed by atoms with Crippen LogP contribution in [0.1, 0.15) is 17.2 Å². The van der Waals surface area contributed by atoms with E-state index in [1.807, 2.05) is 54.6 Å². The van der Waals surface area contributed by atoms with Gasteiger partial charge in [0, 0.05) is 0 Å². The van der Waals surface area contributed by atoms with Gasteiger partial charge in [0.1, 0.15) is 6.10 Å². The molecule has 0 aromatic heterocycles. The molecule has 0 saturated carbocycles. The zero-order valence-corrected chi connectivity index (χ0v) is 13.3. The zero-order chi connectivity index (χ0) is 16.4. The van der Waals surface area contributed by atoms with Crippen LogP contribution in [0.2, 0.25) is 0 Å². The molecule has 1 heteroatoms. The van der Waals surface area contributed by atoms with Crippen LogP contribution < -0.4 is 0 Å². The Morgan fingerprint density at radius 1 is 0.583 bits per heavy atom. The van der Waals surface area contributed by atoms with E-state index in [0.717, 1.165) is 27.6 Å². The van der Waals surface area contributed by atoms with E-state index in [1.54, 1.807) is 0 Å². The maximum atomic E-state index is 11.0. The molecule has 0 aliphatic rings. The average molecular weight is 310 g/mol. The number of fused-ring (bicyclic) bond motifs is 1. The summed E-state index contributed by atoms with van der Waals surface area (Å²) in [5.74, 6) is 0. The van der Waals surface area contributed by atoms with Crippen molar-refractivity contribution in [2.45, 2.75) is 6.10 Å². The van der Waals surface area contributed by atoms with Crippen molar-refractivity contribution in [2.24, 2.45) is 0 Å². The summed E-state index contributed by atoms with van der Waals surface area (Å²) in [6.07, 6.45) is -0.647. The van der Waals surface area contributed by atoms with E-state index in [4.69, 9.17) is 0 Å². The van der Waals surface area contributed by atoms with Crippen molar-refractivity contribution in [2.75, 3.05) is 0 Å². The van der Waals surface area contributed by atoms with Crippen molar-refractivity contribution in [3.05, 3.63) is 108 Å². The van der Waals surface area contributed by atoms with Gasteiger partial charge < -0.3 is 5.11 Å². The highest BCUT2D eigenvalue weighted by molar-refractivity contribution is 5.83. The summed E-state index contributed by atoms with van der Waals surface area (Å²) in [6, 6.07) is 32.6. The van der Waals surface area contributed by atoms with Crippen LogP contribution in [-0.4, -0.2) is 5.11 Å². The number of rotatable bonds is 3. The summed E-state index contributed by atoms with van der Waals surface area (Å²) in [7, 11) is 0. The van der Waals surface area contributed by atoms with E-state index in [2.05, 4.69) is 42.5 Å². The molecule has 4 aromatic carbocycles. The molecule has 116 valence electrons. The highest BCUT2D eigenvalue weighted by atomic mass is 16.3. The summed E-state index contributed by atoms with van der Waals surface area (Å²) in [4.78, 5) is 0. The summed E-state index contributed by atoms with van der Waals surface area (Å²) in [5.41, 5.74) is 4.03. The molecule has 1 nitrogen and oxygen atoms in total. The number of hydrogen-bond acceptors (Lipinski definition) is 1. The maximum Gasteiger partial charge on any atom is 0.105 e. The third-order valence-corrected chi connectivity index (χ3v) is 4.43. The van der Waals surface area contributed by atoms with Crippen LogP contribution in [0.4, 0.5) is 0 Å². The lowest BCUT2D eigenvalue weighted by Crippen LogP contribution is -2.01. The molecule has 1 N–H and O–H groups in total. The fourth-order valence-electron chi connectivity index (χ4n) is 3.17. The van der Waals surface area contributed by atoms with E-state index < -0.39 is 6.10 Å². The summed E-state index contributed by atoms with van der Waals surface area (Å²) < 4.78 is 0. The summed E-state index contributed by atoms with van der Waals surface area (Å²) >= 11 is 0. The lowest BCUT2D eigenvalue weighted by atomic mass is 9.92. The van der Waals surface area contributed by atoms with Crippen LogP contribution in [0.15, 0.2) is 97.1 Å². The standard InChI is InChI=1S/C23H18O/c24-23(20-15-14-17-8-4-5-11-19(17)16-20)22-13-7-6-12-21(22)18-9-2-1-3-10-18/h1-16,23-24H. The van der Waals surface area contributed by atoms with Gasteiger partial charge in [-0.2, -0.15) is 0 Å². The molecular formula is C23H18O. The van der Waals surface area contributed by atoms with Crippen LogP contribution in [0.3, 0.4) is 0 Å². The monoisotopic (exact) mass is 310 g/mol. The molecular weight excluding hydrogens is 292 g/mol. The predicted molar refractivity (Wildman–Crippen MR) is 99.9 cm³/mol. The van der Waals surface area contributed by atoms with E-state index >= 15 is 0 Å². The van der Waals surface area contributed by atoms with Crippen LogP contribution in [0, 0.1) is 0 Å². The van der Waals surface area contributed by atoms with Gasteiger partial charge in [-0.05, 0) is 39.1 Å². The number of aliphatic hydroxyl groups is 1. The summed E-state index contributed by atoms with van der Waals surface area (Å²) in [5, 5.41) is 13.3. The third kappa shape index (κ3) is 2.70. The van der Waals surface area contributed by atoms with E-state index in [9.17, 15) is 5.11 Å². The van der Waals surface area contributed by atoms with E-state index in [1.165, 1.54) is 5.39 Å². The minimum atomic E-state index is -0.647. The van der Waals surface area contributed by atoms with Gasteiger partial charge in [-0.1, -0.05) is 91.0 Å². The van der Waals surface area contributed by atoms with Gasteiger partial charge in [0.25, 0.3) is 0 Å². The van der Waals surface area contributed by atoms with Gasteiger partial charge in [0.05, 0.1) is 0 Å². The average Bonchev–Trinajstić information content (AvgIpc) is 2.68. The highest BCUT2D eigenvalue weighted by Gasteiger charge is 2.15. The second kappa shape index (κ2) is 6.31. The first kappa shape index (κ1) is 14.7. The smallest absolute Gasteiger partial charge is 0.105 e. The fourth-order valence-corrected chi connectivity index (χ4v) is 3.17. The van der Waals surface area contributed by atoms with Crippen molar-refractivity contribution >= 4 is 10.8 Å². The van der Waals surface area contributed by atoms with E-state index in [0.29, 0.717) is 0 Å². The predicted octanol–water partition coefficient (Wildman–Crippen LogP) is 5.59. The van der Waals surface area contributed by atoms with Crippen LogP contribution >= 0.6 is 0 Å². The maximum absolute atomic E-state index is 11.0. The van der Waals surface area contributed by atoms with Crippen molar-refractivity contribution < 1.29 is 5.11 Å². The number of aliphatic hydroxyl groups excluding tert-OH is 1. The first-order chi connectivity index (χ1) is 11.8. The van der Waals surface area contributed by atoms with Crippen molar-refractivity contribution in [3.8, 4) is 11.1 Å². The number of hydrogen-bond donors (Lipinski definition) is 1. The Balaban J connectivity index is 1.80. The molecule has 1 unspecified atom stereocenters. The lowest BCUT2D eigenvalue weighted by molar-refractivity contribution is 0.221. The first-order valence-electron chi connectivity index (χ1n) is 8.14. The Kier molecular flexibility index (Phi) is 3.86. The zero-order valence-electron chi connectivity index (χ0n) is 13.3. The summed E-state index contributed by atoms with van der Waals surface area (Å²) in [6.45, 7) is 0. The van der Waals surface area contributed by atoms with Crippen LogP contribution in [-0.2, 0) is 0 Å². The van der Waals surface area contributed by atoms with Gasteiger partial charge in [0.2, 0.25) is 0 Å². The second-order valence-corrected chi connectivity index (χ2v) is 5.96. The molecule has 4 aromatic rings. The molecule has 1 atom stereocenters. The molecule has 0 bridgehead atoms. The van der Waals surface area contributed by atoms with Crippen LogP contribution in [0.5, 0.6) is 0 Å². The molecule has 0 fully saturated rings. The van der Waals surface area contributed by atoms with Crippen molar-refractivity contribution in [3.63, 3.8) is 0 Å². The molecule has 0 aliphatic carbocycles. The molecule has 0 amide bonds. The van der Waals surface area contributed by atoms with Gasteiger partial charge in [0.15, 0.2) is 0 Å². The molecule has 0 saturated heterocycles. The largest absolute Gasteiger partial charge is 0.384 e. The molecule has 0 radical (unpaired) electrons. The Morgan fingerprint density at radius 3 is 2.08 bits per heavy atom. The lowest BCUT2D eigenvalue weighted by Gasteiger charge is -2.17. The topological polar surface area (TPSA) is 20.2 Å². The highest BCUT2D eigenvalue weighted by Crippen LogP contribution is 2.32. The number of benzene rings is 4.